The highest BCUT2D eigenvalue weighted by molar-refractivity contribution is 8.02. The zero-order chi connectivity index (χ0) is 21.2. The minimum absolute atomic E-state index is 0.0500. The lowest BCUT2D eigenvalue weighted by molar-refractivity contribution is -0.116. The van der Waals surface area contributed by atoms with Crippen LogP contribution < -0.4 is 10.2 Å². The predicted molar refractivity (Wildman–Crippen MR) is 124 cm³/mol. The second kappa shape index (κ2) is 7.31. The van der Waals surface area contributed by atoms with Crippen molar-refractivity contribution in [3.8, 4) is 0 Å². The van der Waals surface area contributed by atoms with E-state index in [0.29, 0.717) is 23.9 Å². The Morgan fingerprint density at radius 1 is 1.00 bits per heavy atom. The minimum Gasteiger partial charge on any atom is -0.333 e. The average molecular weight is 460 g/mol. The summed E-state index contributed by atoms with van der Waals surface area (Å²) in [6.45, 7) is 1.39. The third kappa shape index (κ3) is 3.45. The number of piperidine rings is 1. The Bertz CT molecular complexity index is 861. The standard InChI is InChI=1S/C24H30ClN3O2S/c25-19-1-3-20(4-2-19)28-21(29)15-31-24(28)5-7-27(8-6-24)22(30)26-23-12-16-9-17(13-23)11-18(10-16)14-23/h1-4,16-18H,5-15H2,(H,26,30). The molecule has 0 atom stereocenters. The summed E-state index contributed by atoms with van der Waals surface area (Å²) < 4.78 is 0. The summed E-state index contributed by atoms with van der Waals surface area (Å²) in [5.41, 5.74) is 0.958. The van der Waals surface area contributed by atoms with Crippen LogP contribution in [0.1, 0.15) is 51.4 Å². The molecule has 0 radical (unpaired) electrons. The molecule has 4 saturated carbocycles. The first-order valence-electron chi connectivity index (χ1n) is 11.7. The van der Waals surface area contributed by atoms with Crippen LogP contribution in [0.2, 0.25) is 5.02 Å². The summed E-state index contributed by atoms with van der Waals surface area (Å²) in [4.78, 5) is 29.7. The van der Waals surface area contributed by atoms with Gasteiger partial charge >= 0.3 is 6.03 Å². The molecular weight excluding hydrogens is 430 g/mol. The molecule has 1 aromatic rings. The van der Waals surface area contributed by atoms with E-state index < -0.39 is 0 Å². The normalized spacial score (nSPS) is 35.8. The fourth-order valence-electron chi connectivity index (χ4n) is 7.52. The van der Waals surface area contributed by atoms with Gasteiger partial charge in [-0.15, -0.1) is 11.8 Å². The van der Waals surface area contributed by atoms with Crippen LogP contribution in [0.5, 0.6) is 0 Å². The molecule has 6 fully saturated rings. The number of nitrogens with zero attached hydrogens (tertiary/aromatic N) is 2. The van der Waals surface area contributed by atoms with E-state index in [9.17, 15) is 9.59 Å². The van der Waals surface area contributed by atoms with Crippen LogP contribution in [-0.4, -0.2) is 46.1 Å². The molecule has 2 aliphatic heterocycles. The lowest BCUT2D eigenvalue weighted by Gasteiger charge is -2.57. The van der Waals surface area contributed by atoms with Crippen LogP contribution in [-0.2, 0) is 4.79 Å². The van der Waals surface area contributed by atoms with Crippen LogP contribution in [0.3, 0.4) is 0 Å². The maximum atomic E-state index is 13.3. The van der Waals surface area contributed by atoms with Crippen LogP contribution in [0.4, 0.5) is 10.5 Å². The quantitative estimate of drug-likeness (QED) is 0.685. The van der Waals surface area contributed by atoms with Gasteiger partial charge < -0.3 is 10.2 Å². The van der Waals surface area contributed by atoms with Crippen molar-refractivity contribution in [3.05, 3.63) is 29.3 Å². The van der Waals surface area contributed by atoms with Gasteiger partial charge in [-0.25, -0.2) is 4.79 Å². The molecule has 2 saturated heterocycles. The van der Waals surface area contributed by atoms with Gasteiger partial charge in [-0.05, 0) is 93.4 Å². The van der Waals surface area contributed by atoms with Crippen molar-refractivity contribution >= 4 is 41.0 Å². The second-order valence-electron chi connectivity index (χ2n) is 10.6. The lowest BCUT2D eigenvalue weighted by Crippen LogP contribution is -2.63. The molecule has 1 spiro atoms. The first-order chi connectivity index (χ1) is 14.9. The number of rotatable bonds is 2. The molecule has 166 valence electrons. The molecule has 5 nitrogen and oxygen atoms in total. The number of nitrogens with one attached hydrogen (secondary N) is 1. The van der Waals surface area contributed by atoms with E-state index in [0.717, 1.165) is 36.3 Å². The number of anilines is 1. The number of halogens is 1. The first kappa shape index (κ1) is 20.2. The van der Waals surface area contributed by atoms with Crippen molar-refractivity contribution in [2.24, 2.45) is 17.8 Å². The molecule has 7 heteroatoms. The number of carbonyl (C=O) groups is 2. The van der Waals surface area contributed by atoms with Crippen molar-refractivity contribution in [3.63, 3.8) is 0 Å². The highest BCUT2D eigenvalue weighted by atomic mass is 35.5. The molecule has 0 unspecified atom stereocenters. The maximum Gasteiger partial charge on any atom is 0.317 e. The SMILES string of the molecule is O=C(NC12CC3CC(CC(C3)C1)C2)N1CCC2(CC1)SCC(=O)N2c1ccc(Cl)cc1. The zero-order valence-corrected chi connectivity index (χ0v) is 19.4. The molecule has 4 aliphatic carbocycles. The van der Waals surface area contributed by atoms with Gasteiger partial charge in [0.15, 0.2) is 0 Å². The summed E-state index contributed by atoms with van der Waals surface area (Å²) in [5.74, 6) is 3.13. The third-order valence-corrected chi connectivity index (χ3v) is 10.2. The molecule has 31 heavy (non-hydrogen) atoms. The second-order valence-corrected chi connectivity index (χ2v) is 12.3. The molecule has 0 aromatic heterocycles. The van der Waals surface area contributed by atoms with Crippen LogP contribution in [0, 0.1) is 17.8 Å². The zero-order valence-electron chi connectivity index (χ0n) is 17.8. The molecule has 1 aromatic carbocycles. The number of urea groups is 1. The fourth-order valence-corrected chi connectivity index (χ4v) is 8.97. The van der Waals surface area contributed by atoms with Crippen molar-refractivity contribution in [1.82, 2.24) is 10.2 Å². The number of likely N-dealkylation sites (tertiary alicyclic amines) is 1. The topological polar surface area (TPSA) is 52.7 Å². The van der Waals surface area contributed by atoms with Gasteiger partial charge in [0, 0.05) is 29.3 Å². The van der Waals surface area contributed by atoms with Gasteiger partial charge in [0.25, 0.3) is 0 Å². The van der Waals surface area contributed by atoms with Gasteiger partial charge in [-0.3, -0.25) is 9.69 Å². The molecular formula is C24H30ClN3O2S. The number of amides is 3. The molecule has 6 aliphatic rings. The highest BCUT2D eigenvalue weighted by Crippen LogP contribution is 2.55. The van der Waals surface area contributed by atoms with E-state index >= 15 is 0 Å². The van der Waals surface area contributed by atoms with Crippen molar-refractivity contribution < 1.29 is 9.59 Å². The van der Waals surface area contributed by atoms with Gasteiger partial charge in [0.1, 0.15) is 0 Å². The summed E-state index contributed by atoms with van der Waals surface area (Å²) in [6.07, 6.45) is 9.29. The Labute approximate surface area is 193 Å². The Morgan fingerprint density at radius 3 is 2.16 bits per heavy atom. The van der Waals surface area contributed by atoms with Crippen LogP contribution in [0.15, 0.2) is 24.3 Å². The number of hydrogen-bond acceptors (Lipinski definition) is 3. The maximum absolute atomic E-state index is 13.3. The van der Waals surface area contributed by atoms with E-state index in [1.807, 2.05) is 34.1 Å². The summed E-state index contributed by atoms with van der Waals surface area (Å²) >= 11 is 7.79. The van der Waals surface area contributed by atoms with E-state index in [1.54, 1.807) is 11.8 Å². The molecule has 4 bridgehead atoms. The largest absolute Gasteiger partial charge is 0.333 e. The summed E-state index contributed by atoms with van der Waals surface area (Å²) in [5, 5.41) is 4.19. The van der Waals surface area contributed by atoms with E-state index in [4.69, 9.17) is 11.6 Å². The van der Waals surface area contributed by atoms with E-state index in [1.165, 1.54) is 38.5 Å². The van der Waals surface area contributed by atoms with Gasteiger partial charge in [0.2, 0.25) is 5.91 Å². The van der Waals surface area contributed by atoms with Gasteiger partial charge in [-0.2, -0.15) is 0 Å². The van der Waals surface area contributed by atoms with Crippen LogP contribution in [0.25, 0.3) is 0 Å². The number of benzene rings is 1. The first-order valence-corrected chi connectivity index (χ1v) is 13.1. The van der Waals surface area contributed by atoms with E-state index in [2.05, 4.69) is 5.32 Å². The molecule has 2 heterocycles. The number of thioether (sulfide) groups is 1. The lowest BCUT2D eigenvalue weighted by atomic mass is 9.53. The Kier molecular flexibility index (Phi) is 4.77. The monoisotopic (exact) mass is 459 g/mol. The van der Waals surface area contributed by atoms with Gasteiger partial charge in [-0.1, -0.05) is 11.6 Å². The summed E-state index contributed by atoms with van der Waals surface area (Å²) in [7, 11) is 0. The smallest absolute Gasteiger partial charge is 0.317 e. The van der Waals surface area contributed by atoms with Crippen molar-refractivity contribution in [2.75, 3.05) is 23.7 Å². The molecule has 1 N–H and O–H groups in total. The average Bonchev–Trinajstić information content (AvgIpc) is 3.03. The van der Waals surface area contributed by atoms with E-state index in [-0.39, 0.29) is 22.3 Å². The molecule has 3 amide bonds. The van der Waals surface area contributed by atoms with Crippen molar-refractivity contribution in [1.29, 1.82) is 0 Å². The van der Waals surface area contributed by atoms with Crippen molar-refractivity contribution in [2.45, 2.75) is 61.8 Å². The Morgan fingerprint density at radius 2 is 1.58 bits per heavy atom. The van der Waals surface area contributed by atoms with Crippen LogP contribution >= 0.6 is 23.4 Å². The molecule has 7 rings (SSSR count). The minimum atomic E-state index is -0.248. The Hall–Kier alpha value is -1.40. The number of carbonyl (C=O) groups excluding carboxylic acids is 2. The summed E-state index contributed by atoms with van der Waals surface area (Å²) in [6, 6.07) is 7.66. The number of hydrogen-bond donors (Lipinski definition) is 1. The Balaban J connectivity index is 1.14. The highest BCUT2D eigenvalue weighted by Gasteiger charge is 2.53. The predicted octanol–water partition coefficient (Wildman–Crippen LogP) is 4.89. The fraction of sp³-hybridized carbons (Fsp3) is 0.667. The third-order valence-electron chi connectivity index (χ3n) is 8.45. The van der Waals surface area contributed by atoms with Gasteiger partial charge in [0.05, 0.1) is 10.6 Å².